The molecule has 1 aromatic carbocycles. The number of aromatic nitrogens is 4. The van der Waals surface area contributed by atoms with Gasteiger partial charge in [-0.05, 0) is 58.9 Å². The minimum Gasteiger partial charge on any atom is -0.491 e. The molecule has 0 radical (unpaired) electrons. The Kier molecular flexibility index (Phi) is 8.18. The van der Waals surface area contributed by atoms with Crippen LogP contribution < -0.4 is 15.2 Å². The van der Waals surface area contributed by atoms with Crippen molar-refractivity contribution >= 4 is 55.8 Å². The van der Waals surface area contributed by atoms with Gasteiger partial charge in [-0.2, -0.15) is 5.26 Å². The molecule has 0 bridgehead atoms. The fraction of sp³-hybridized carbons (Fsp3) is 0.333. The number of nitriles is 1. The third-order valence-corrected chi connectivity index (χ3v) is 8.87. The summed E-state index contributed by atoms with van der Waals surface area (Å²) < 4.78 is 14.5. The first kappa shape index (κ1) is 31.4. The van der Waals surface area contributed by atoms with E-state index in [2.05, 4.69) is 21.0 Å². The maximum Gasteiger partial charge on any atom is 0.338 e. The van der Waals surface area contributed by atoms with Crippen molar-refractivity contribution in [2.45, 2.75) is 52.9 Å². The number of rotatable bonds is 8. The molecule has 1 aliphatic rings. The van der Waals surface area contributed by atoms with Gasteiger partial charge in [0.15, 0.2) is 0 Å². The minimum atomic E-state index is -1.05. The van der Waals surface area contributed by atoms with Crippen LogP contribution >= 0.6 is 22.9 Å². The molecule has 6 rings (SSSR count). The van der Waals surface area contributed by atoms with Gasteiger partial charge in [-0.25, -0.2) is 14.8 Å². The summed E-state index contributed by atoms with van der Waals surface area (Å²) in [5.74, 6) is 0.368. The topological polar surface area (TPSA) is 143 Å². The third-order valence-electron chi connectivity index (χ3n) is 7.64. The molecule has 1 saturated heterocycles. The Balaban J connectivity index is 1.29. The first-order chi connectivity index (χ1) is 21.8. The maximum absolute atomic E-state index is 13.9. The standard InChI is InChI=1S/C33H31ClN6O5S/c1-17-10-22(29-28(37-17)24(16-46-29)32(42)43)21-11-19(34)6-7-26(21)44-9-8-40-18(2)38-25-13-36-30(23(12-35)27(25)31(40)41)39-14-20(15-39)45-33(3,4)5/h6-7,10-11,13,16,20H,8-9,14-15H2,1-5H3,(H,42,43). The molecule has 0 spiro atoms. The number of ether oxygens (including phenoxy) is 2. The normalized spacial score (nSPS) is 13.6. The molecular formula is C33H31ClN6O5S. The van der Waals surface area contributed by atoms with Crippen LogP contribution in [0.1, 0.15) is 48.2 Å². The molecule has 0 unspecified atom stereocenters. The zero-order valence-electron chi connectivity index (χ0n) is 25.9. The number of carbonyl (C=O) groups is 1. The summed E-state index contributed by atoms with van der Waals surface area (Å²) in [4.78, 5) is 41.2. The Morgan fingerprint density at radius 1 is 1.20 bits per heavy atom. The third kappa shape index (κ3) is 5.89. The molecule has 1 N–H and O–H groups in total. The molecule has 0 atom stereocenters. The number of anilines is 1. The molecule has 46 heavy (non-hydrogen) atoms. The summed E-state index contributed by atoms with van der Waals surface area (Å²) in [5, 5.41) is 22.1. The average molecular weight is 659 g/mol. The van der Waals surface area contributed by atoms with E-state index in [1.165, 1.54) is 22.1 Å². The number of pyridine rings is 2. The number of carboxylic acid groups (broad SMARTS) is 1. The second kappa shape index (κ2) is 12.0. The number of hydrogen-bond donors (Lipinski definition) is 1. The van der Waals surface area contributed by atoms with E-state index >= 15 is 0 Å². The summed E-state index contributed by atoms with van der Waals surface area (Å²) in [6, 6.07) is 9.28. The highest BCUT2D eigenvalue weighted by Crippen LogP contribution is 2.40. The number of halogens is 1. The SMILES string of the molecule is Cc1cc(-c2cc(Cl)ccc2OCCn2c(C)nc3cnc(N4CC(OC(C)(C)C)C4)c(C#N)c3c2=O)c2scc(C(=O)O)c2n1. The highest BCUT2D eigenvalue weighted by Gasteiger charge is 2.34. The van der Waals surface area contributed by atoms with Gasteiger partial charge in [-0.15, -0.1) is 11.3 Å². The van der Waals surface area contributed by atoms with E-state index in [9.17, 15) is 20.0 Å². The maximum atomic E-state index is 13.9. The van der Waals surface area contributed by atoms with Crippen molar-refractivity contribution < 1.29 is 19.4 Å². The summed E-state index contributed by atoms with van der Waals surface area (Å²) in [6.07, 6.45) is 1.55. The van der Waals surface area contributed by atoms with Gasteiger partial charge in [0.1, 0.15) is 35.6 Å². The lowest BCUT2D eigenvalue weighted by molar-refractivity contribution is -0.0703. The van der Waals surface area contributed by atoms with Crippen molar-refractivity contribution in [1.82, 2.24) is 19.5 Å². The quantitative estimate of drug-likeness (QED) is 0.211. The molecule has 4 aromatic heterocycles. The van der Waals surface area contributed by atoms with Gasteiger partial charge < -0.3 is 19.5 Å². The second-order valence-corrected chi connectivity index (χ2v) is 13.5. The predicted octanol–water partition coefficient (Wildman–Crippen LogP) is 5.99. The zero-order valence-corrected chi connectivity index (χ0v) is 27.5. The Labute approximate surface area is 273 Å². The van der Waals surface area contributed by atoms with E-state index in [0.717, 1.165) is 5.56 Å². The summed E-state index contributed by atoms with van der Waals surface area (Å²) in [7, 11) is 0. The first-order valence-corrected chi connectivity index (χ1v) is 15.9. The van der Waals surface area contributed by atoms with Crippen LogP contribution in [0, 0.1) is 25.2 Å². The van der Waals surface area contributed by atoms with Gasteiger partial charge in [0.05, 0.1) is 51.1 Å². The van der Waals surface area contributed by atoms with E-state index in [1.54, 1.807) is 37.4 Å². The van der Waals surface area contributed by atoms with Crippen LogP contribution in [-0.4, -0.2) is 62.0 Å². The summed E-state index contributed by atoms with van der Waals surface area (Å²) in [6.45, 7) is 10.9. The van der Waals surface area contributed by atoms with Gasteiger partial charge >= 0.3 is 5.97 Å². The molecule has 0 aliphatic carbocycles. The second-order valence-electron chi connectivity index (χ2n) is 12.1. The zero-order chi connectivity index (χ0) is 32.9. The Morgan fingerprint density at radius 3 is 2.65 bits per heavy atom. The van der Waals surface area contributed by atoms with E-state index in [0.29, 0.717) is 62.5 Å². The van der Waals surface area contributed by atoms with Gasteiger partial charge in [0, 0.05) is 40.3 Å². The highest BCUT2D eigenvalue weighted by molar-refractivity contribution is 7.18. The summed E-state index contributed by atoms with van der Waals surface area (Å²) >= 11 is 7.69. The smallest absolute Gasteiger partial charge is 0.338 e. The molecule has 0 amide bonds. The Morgan fingerprint density at radius 2 is 1.96 bits per heavy atom. The van der Waals surface area contributed by atoms with E-state index in [4.69, 9.17) is 21.1 Å². The molecule has 1 fully saturated rings. The molecule has 0 saturated carbocycles. The van der Waals surface area contributed by atoms with Gasteiger partial charge in [-0.1, -0.05) is 11.6 Å². The fourth-order valence-corrected chi connectivity index (χ4v) is 6.86. The van der Waals surface area contributed by atoms with E-state index in [1.807, 2.05) is 31.7 Å². The number of thiophene rings is 1. The monoisotopic (exact) mass is 658 g/mol. The lowest BCUT2D eigenvalue weighted by atomic mass is 10.0. The Bertz CT molecular complexity index is 2120. The van der Waals surface area contributed by atoms with Crippen LogP contribution in [0.15, 0.2) is 40.6 Å². The summed E-state index contributed by atoms with van der Waals surface area (Å²) in [5.41, 5.74) is 2.52. The van der Waals surface area contributed by atoms with E-state index < -0.39 is 5.97 Å². The lowest BCUT2D eigenvalue weighted by Crippen LogP contribution is -2.55. The van der Waals surface area contributed by atoms with Gasteiger partial charge in [0.2, 0.25) is 0 Å². The number of hydrogen-bond acceptors (Lipinski definition) is 10. The molecule has 13 heteroatoms. The predicted molar refractivity (Wildman–Crippen MR) is 177 cm³/mol. The number of fused-ring (bicyclic) bond motifs is 2. The largest absolute Gasteiger partial charge is 0.491 e. The molecular weight excluding hydrogens is 628 g/mol. The van der Waals surface area contributed by atoms with Gasteiger partial charge in [0.25, 0.3) is 5.56 Å². The highest BCUT2D eigenvalue weighted by atomic mass is 35.5. The average Bonchev–Trinajstić information content (AvgIpc) is 3.40. The van der Waals surface area contributed by atoms with Crippen molar-refractivity contribution in [3.05, 3.63) is 73.9 Å². The fourth-order valence-electron chi connectivity index (χ4n) is 5.68. The number of carboxylic acids is 1. The lowest BCUT2D eigenvalue weighted by Gasteiger charge is -2.43. The van der Waals surface area contributed by atoms with E-state index in [-0.39, 0.29) is 46.9 Å². The van der Waals surface area contributed by atoms with Crippen molar-refractivity contribution in [3.63, 3.8) is 0 Å². The minimum absolute atomic E-state index is 0.0120. The van der Waals surface area contributed by atoms with Crippen LogP contribution in [0.3, 0.4) is 0 Å². The number of aromatic carboxylic acids is 1. The number of aryl methyl sites for hydroxylation is 2. The van der Waals surface area contributed by atoms with Crippen LogP contribution in [-0.2, 0) is 11.3 Å². The molecule has 1 aliphatic heterocycles. The van der Waals surface area contributed by atoms with Crippen LogP contribution in [0.25, 0.3) is 32.2 Å². The van der Waals surface area contributed by atoms with Crippen LogP contribution in [0.5, 0.6) is 5.75 Å². The Hall–Kier alpha value is -4.57. The van der Waals surface area contributed by atoms with Crippen molar-refractivity contribution in [2.75, 3.05) is 24.6 Å². The molecule has 5 aromatic rings. The number of benzene rings is 1. The van der Waals surface area contributed by atoms with Crippen LogP contribution in [0.4, 0.5) is 5.82 Å². The molecule has 11 nitrogen and oxygen atoms in total. The number of nitrogens with zero attached hydrogens (tertiary/aromatic N) is 6. The van der Waals surface area contributed by atoms with Gasteiger partial charge in [-0.3, -0.25) is 14.3 Å². The van der Waals surface area contributed by atoms with Crippen molar-refractivity contribution in [1.29, 1.82) is 5.26 Å². The molecule has 5 heterocycles. The molecule has 236 valence electrons. The van der Waals surface area contributed by atoms with Crippen LogP contribution in [0.2, 0.25) is 5.02 Å². The first-order valence-electron chi connectivity index (χ1n) is 14.6. The van der Waals surface area contributed by atoms with Crippen molar-refractivity contribution in [2.24, 2.45) is 0 Å². The van der Waals surface area contributed by atoms with Crippen molar-refractivity contribution in [3.8, 4) is 22.9 Å².